The average molecular weight is 249 g/mol. The molecule has 84 valence electrons. The van der Waals surface area contributed by atoms with Crippen molar-refractivity contribution in [2.45, 2.75) is 0 Å². The summed E-state index contributed by atoms with van der Waals surface area (Å²) in [6.07, 6.45) is 0. The first-order valence-corrected chi connectivity index (χ1v) is 5.87. The summed E-state index contributed by atoms with van der Waals surface area (Å²) in [7, 11) is 1.75. The molecule has 0 bridgehead atoms. The van der Waals surface area contributed by atoms with E-state index in [4.69, 9.17) is 0 Å². The zero-order valence-corrected chi connectivity index (χ0v) is 10.8. The molecule has 0 aliphatic rings. The Bertz CT molecular complexity index is 617. The summed E-state index contributed by atoms with van der Waals surface area (Å²) in [5.74, 6) is 0.629. The van der Waals surface area contributed by atoms with Gasteiger partial charge in [-0.25, -0.2) is 0 Å². The third kappa shape index (κ3) is 2.51. The summed E-state index contributed by atoms with van der Waals surface area (Å²) < 4.78 is 0. The van der Waals surface area contributed by atoms with E-state index in [1.165, 1.54) is 16.1 Å². The van der Waals surface area contributed by atoms with Gasteiger partial charge in [-0.2, -0.15) is 4.80 Å². The number of nitrogens with zero attached hydrogens (tertiary/aromatic N) is 5. The van der Waals surface area contributed by atoms with Gasteiger partial charge in [-0.15, -0.1) is 15.6 Å². The van der Waals surface area contributed by atoms with Crippen molar-refractivity contribution in [3.8, 4) is 22.6 Å². The fraction of sp³-hybridized carbons (Fsp3) is 0.0909. The van der Waals surface area contributed by atoms with Gasteiger partial charge in [-0.3, -0.25) is 11.3 Å². The summed E-state index contributed by atoms with van der Waals surface area (Å²) in [6.45, 7) is 0. The Labute approximate surface area is 120 Å². The van der Waals surface area contributed by atoms with Gasteiger partial charge in [0.1, 0.15) is 0 Å². The molecule has 0 radical (unpaired) electrons. The molecule has 0 atom stereocenters. The van der Waals surface area contributed by atoms with Crippen LogP contribution in [0.2, 0.25) is 0 Å². The largest absolute Gasteiger partial charge is 1.00 e. The number of aromatic nitrogens is 5. The van der Waals surface area contributed by atoms with Crippen molar-refractivity contribution >= 4 is 11.3 Å². The molecule has 0 fully saturated rings. The monoisotopic (exact) mass is 249 g/mol. The van der Waals surface area contributed by atoms with Crippen LogP contribution < -0.4 is 18.9 Å². The normalized spacial score (nSPS) is 10.1. The van der Waals surface area contributed by atoms with E-state index in [1.54, 1.807) is 7.05 Å². The number of hydrogen-bond donors (Lipinski definition) is 0. The van der Waals surface area contributed by atoms with Crippen molar-refractivity contribution in [1.29, 1.82) is 0 Å². The quantitative estimate of drug-likeness (QED) is 0.423. The van der Waals surface area contributed by atoms with E-state index in [1.807, 2.05) is 29.6 Å². The van der Waals surface area contributed by atoms with Gasteiger partial charge in [0.25, 0.3) is 0 Å². The van der Waals surface area contributed by atoms with E-state index in [0.717, 1.165) is 16.8 Å². The Balaban J connectivity index is 0.00000120. The molecule has 7 heteroatoms. The third-order valence-electron chi connectivity index (χ3n) is 2.34. The van der Waals surface area contributed by atoms with E-state index < -0.39 is 0 Å². The molecule has 0 spiro atoms. The molecule has 0 saturated carbocycles. The number of thiazole rings is 1. The molecule has 2 aromatic heterocycles. The van der Waals surface area contributed by atoms with Crippen LogP contribution in [-0.2, 0) is 7.05 Å². The molecule has 3 rings (SSSR count). The summed E-state index contributed by atoms with van der Waals surface area (Å²) in [5.41, 5.74) is 5.78. The zero-order chi connectivity index (χ0) is 11.7. The molecule has 1 aromatic carbocycles. The Morgan fingerprint density at radius 2 is 1.89 bits per heavy atom. The first-order chi connectivity index (χ1) is 8.33. The predicted octanol–water partition coefficient (Wildman–Crippen LogP) is -1.20. The van der Waals surface area contributed by atoms with Gasteiger partial charge < -0.3 is 4.98 Å². The van der Waals surface area contributed by atoms with Crippen LogP contribution in [0.1, 0.15) is 0 Å². The fourth-order valence-corrected chi connectivity index (χ4v) is 2.01. The van der Waals surface area contributed by atoms with Gasteiger partial charge in [0, 0.05) is 5.56 Å². The molecule has 0 saturated heterocycles. The molecule has 0 amide bonds. The Kier molecular flexibility index (Phi) is 3.92. The predicted molar refractivity (Wildman–Crippen MR) is 64.2 cm³/mol. The second-order valence-electron chi connectivity index (χ2n) is 3.50. The van der Waals surface area contributed by atoms with Crippen LogP contribution >= 0.6 is 11.3 Å². The maximum absolute atomic E-state index is 4.15. The number of tetrazole rings is 1. The molecule has 0 aliphatic carbocycles. The van der Waals surface area contributed by atoms with E-state index in [9.17, 15) is 0 Å². The van der Waals surface area contributed by atoms with E-state index in [-0.39, 0.29) is 18.9 Å². The Morgan fingerprint density at radius 1 is 1.17 bits per heavy atom. The SMILES string of the molecule is Cn1nnc(-c2ccc(-c3cs[c-]n3)cc2)n1.[Li+]. The van der Waals surface area contributed by atoms with Gasteiger partial charge in [0.2, 0.25) is 5.82 Å². The standard InChI is InChI=1S/C11H8N5S.Li/c1-16-14-11(13-15-16)9-4-2-8(3-5-9)10-6-17-7-12-10;/h2-6H,1H3;/q-1;+1. The maximum atomic E-state index is 4.15. The van der Waals surface area contributed by atoms with E-state index in [0.29, 0.717) is 5.82 Å². The van der Waals surface area contributed by atoms with Gasteiger partial charge in [0.15, 0.2) is 0 Å². The van der Waals surface area contributed by atoms with E-state index in [2.05, 4.69) is 25.9 Å². The van der Waals surface area contributed by atoms with Crippen LogP contribution in [0.25, 0.3) is 22.6 Å². The van der Waals surface area contributed by atoms with Crippen molar-refractivity contribution in [3.63, 3.8) is 0 Å². The van der Waals surface area contributed by atoms with Crippen molar-refractivity contribution in [2.24, 2.45) is 7.05 Å². The van der Waals surface area contributed by atoms with Crippen molar-refractivity contribution < 1.29 is 18.9 Å². The minimum absolute atomic E-state index is 0. The maximum Gasteiger partial charge on any atom is 1.00 e. The molecule has 0 unspecified atom stereocenters. The zero-order valence-electron chi connectivity index (χ0n) is 10.0. The molecule has 0 N–H and O–H groups in total. The third-order valence-corrected chi connectivity index (χ3v) is 2.87. The number of rotatable bonds is 2. The van der Waals surface area contributed by atoms with Crippen LogP contribution in [0.5, 0.6) is 0 Å². The van der Waals surface area contributed by atoms with Crippen LogP contribution in [0.15, 0.2) is 29.6 Å². The molecule has 18 heavy (non-hydrogen) atoms. The van der Waals surface area contributed by atoms with Crippen LogP contribution in [-0.4, -0.2) is 25.2 Å². The summed E-state index contributed by atoms with van der Waals surface area (Å²) in [6, 6.07) is 7.92. The van der Waals surface area contributed by atoms with Gasteiger partial charge in [-0.05, 0) is 10.7 Å². The Hall–Kier alpha value is -1.48. The van der Waals surface area contributed by atoms with Crippen molar-refractivity contribution in [3.05, 3.63) is 35.2 Å². The number of hydrogen-bond acceptors (Lipinski definition) is 5. The Morgan fingerprint density at radius 3 is 2.44 bits per heavy atom. The molecular weight excluding hydrogens is 241 g/mol. The molecule has 3 aromatic rings. The topological polar surface area (TPSA) is 56.5 Å². The van der Waals surface area contributed by atoms with Crippen molar-refractivity contribution in [2.75, 3.05) is 0 Å². The average Bonchev–Trinajstić information content (AvgIpc) is 3.00. The second-order valence-corrected chi connectivity index (χ2v) is 4.16. The van der Waals surface area contributed by atoms with Crippen LogP contribution in [0.3, 0.4) is 0 Å². The first kappa shape index (κ1) is 13.0. The fourth-order valence-electron chi connectivity index (χ4n) is 1.51. The molecule has 5 nitrogen and oxygen atoms in total. The van der Waals surface area contributed by atoms with Gasteiger partial charge >= 0.3 is 18.9 Å². The van der Waals surface area contributed by atoms with Crippen LogP contribution in [0.4, 0.5) is 0 Å². The summed E-state index contributed by atoms with van der Waals surface area (Å²) >= 11 is 1.46. The second kappa shape index (κ2) is 5.44. The minimum Gasteiger partial charge on any atom is -0.386 e. The summed E-state index contributed by atoms with van der Waals surface area (Å²) in [4.78, 5) is 5.58. The minimum atomic E-state index is 0. The van der Waals surface area contributed by atoms with E-state index >= 15 is 0 Å². The number of benzene rings is 1. The molecule has 2 heterocycles. The van der Waals surface area contributed by atoms with Gasteiger partial charge in [0.05, 0.1) is 7.05 Å². The van der Waals surface area contributed by atoms with Crippen molar-refractivity contribution in [1.82, 2.24) is 25.2 Å². The van der Waals surface area contributed by atoms with Crippen LogP contribution in [0, 0.1) is 5.51 Å². The first-order valence-electron chi connectivity index (χ1n) is 4.99. The summed E-state index contributed by atoms with van der Waals surface area (Å²) in [5, 5.41) is 13.9. The smallest absolute Gasteiger partial charge is 0.386 e. The molecule has 0 aliphatic heterocycles. The molecular formula is C11H8LiN5S. The number of aryl methyl sites for hydroxylation is 1. The van der Waals surface area contributed by atoms with Gasteiger partial charge in [-0.1, -0.05) is 35.5 Å².